The third kappa shape index (κ3) is 11.9. The SMILES string of the molecule is CNC(=O)c1cc(N2CCOCC2)ccc1N.CNC(=O)c1cc(N2CCOCC2)ccc1Nc1cc(Cl)ncc1C(F)(F)F.Cc1cnc(Cl)cc1I. The van der Waals surface area contributed by atoms with Crippen molar-refractivity contribution in [2.75, 3.05) is 87.6 Å². The van der Waals surface area contributed by atoms with Crippen molar-refractivity contribution in [3.63, 3.8) is 0 Å². The number of aryl methyl sites for hydroxylation is 1. The van der Waals surface area contributed by atoms with Crippen LogP contribution in [0.5, 0.6) is 0 Å². The number of alkyl halides is 3. The number of hydrogen-bond acceptors (Lipinski definition) is 10. The summed E-state index contributed by atoms with van der Waals surface area (Å²) in [4.78, 5) is 35.6. The molecule has 0 aliphatic carbocycles. The van der Waals surface area contributed by atoms with Crippen molar-refractivity contribution in [3.05, 3.63) is 97.1 Å². The van der Waals surface area contributed by atoms with Crippen molar-refractivity contribution in [2.24, 2.45) is 0 Å². The van der Waals surface area contributed by atoms with Gasteiger partial charge in [0.1, 0.15) is 10.3 Å². The molecular formula is C36H40Cl2F3IN8O4. The van der Waals surface area contributed by atoms with Crippen LogP contribution in [0.3, 0.4) is 0 Å². The molecule has 18 heteroatoms. The van der Waals surface area contributed by atoms with E-state index >= 15 is 0 Å². The Labute approximate surface area is 335 Å². The second-order valence-corrected chi connectivity index (χ2v) is 13.7. The number of nitrogen functional groups attached to an aromatic ring is 1. The second kappa shape index (κ2) is 20.0. The average molecular weight is 904 g/mol. The fourth-order valence-electron chi connectivity index (χ4n) is 5.26. The molecule has 2 fully saturated rings. The monoisotopic (exact) mass is 902 g/mol. The maximum atomic E-state index is 13.3. The third-order valence-electron chi connectivity index (χ3n) is 8.19. The number of anilines is 5. The third-order valence-corrected chi connectivity index (χ3v) is 9.76. The topological polar surface area (TPSA) is 147 Å². The molecule has 0 atom stereocenters. The molecular weight excluding hydrogens is 863 g/mol. The highest BCUT2D eigenvalue weighted by Crippen LogP contribution is 2.37. The van der Waals surface area contributed by atoms with Crippen LogP contribution in [0.2, 0.25) is 10.3 Å². The number of amides is 2. The molecule has 2 aromatic heterocycles. The van der Waals surface area contributed by atoms with Crippen LogP contribution >= 0.6 is 45.8 Å². The normalized spacial score (nSPS) is 14.2. The van der Waals surface area contributed by atoms with Crippen LogP contribution in [0.25, 0.3) is 0 Å². The van der Waals surface area contributed by atoms with Crippen molar-refractivity contribution in [3.8, 4) is 0 Å². The van der Waals surface area contributed by atoms with Crippen LogP contribution in [0.1, 0.15) is 31.8 Å². The Balaban J connectivity index is 0.000000210. The smallest absolute Gasteiger partial charge is 0.398 e. The Morgan fingerprint density at radius 2 is 1.28 bits per heavy atom. The second-order valence-electron chi connectivity index (χ2n) is 11.8. The maximum Gasteiger partial charge on any atom is 0.419 e. The van der Waals surface area contributed by atoms with E-state index in [1.807, 2.05) is 30.0 Å². The summed E-state index contributed by atoms with van der Waals surface area (Å²) in [7, 11) is 3.06. The van der Waals surface area contributed by atoms with E-state index < -0.39 is 17.6 Å². The highest BCUT2D eigenvalue weighted by molar-refractivity contribution is 14.1. The van der Waals surface area contributed by atoms with E-state index in [1.165, 1.54) is 12.6 Å². The number of aromatic nitrogens is 2. The van der Waals surface area contributed by atoms with Gasteiger partial charge in [-0.3, -0.25) is 9.59 Å². The fourth-order valence-corrected chi connectivity index (χ4v) is 6.19. The minimum absolute atomic E-state index is 0.0954. The van der Waals surface area contributed by atoms with Gasteiger partial charge in [-0.15, -0.1) is 0 Å². The van der Waals surface area contributed by atoms with Crippen LogP contribution in [-0.4, -0.2) is 88.5 Å². The number of hydrogen-bond donors (Lipinski definition) is 4. The number of carbonyl (C=O) groups is 2. The van der Waals surface area contributed by atoms with Crippen molar-refractivity contribution in [1.29, 1.82) is 0 Å². The van der Waals surface area contributed by atoms with E-state index in [0.29, 0.717) is 48.9 Å². The van der Waals surface area contributed by atoms with Gasteiger partial charge in [0, 0.05) is 73.3 Å². The van der Waals surface area contributed by atoms with E-state index in [1.54, 1.807) is 37.5 Å². The van der Waals surface area contributed by atoms with Gasteiger partial charge >= 0.3 is 6.18 Å². The van der Waals surface area contributed by atoms with Gasteiger partial charge in [-0.25, -0.2) is 9.97 Å². The fraction of sp³-hybridized carbons (Fsp3) is 0.333. The van der Waals surface area contributed by atoms with Gasteiger partial charge in [0.05, 0.1) is 54.5 Å². The molecule has 2 aliphatic rings. The number of benzene rings is 2. The molecule has 2 aliphatic heterocycles. The van der Waals surface area contributed by atoms with E-state index in [9.17, 15) is 22.8 Å². The summed E-state index contributed by atoms with van der Waals surface area (Å²) in [5.74, 6) is -0.580. The summed E-state index contributed by atoms with van der Waals surface area (Å²) in [5, 5.41) is 8.25. The standard InChI is InChI=1S/C18H18ClF3N4O2.C12H17N3O2.C6H5ClIN/c1-23-17(27)12-8-11(26-4-6-28-7-5-26)2-3-14(12)25-15-9-16(19)24-10-13(15)18(20,21)22;1-14-12(16)10-8-9(2-3-11(10)13)15-4-6-17-7-5-15;1-4-3-9-6(7)2-5(4)8/h2-3,8-10H,4-7H2,1H3,(H,23,27)(H,24,25);2-3,8H,4-7,13H2,1H3,(H,14,16);2-3H,1H3. The molecule has 0 radical (unpaired) electrons. The first-order valence-corrected chi connectivity index (χ1v) is 18.5. The Kier molecular flexibility index (Phi) is 15.8. The molecule has 0 unspecified atom stereocenters. The van der Waals surface area contributed by atoms with Gasteiger partial charge in [0.25, 0.3) is 11.8 Å². The van der Waals surface area contributed by atoms with Gasteiger partial charge in [-0.05, 0) is 83.6 Å². The van der Waals surface area contributed by atoms with Crippen molar-refractivity contribution in [1.82, 2.24) is 20.6 Å². The van der Waals surface area contributed by atoms with Crippen LogP contribution < -0.4 is 31.5 Å². The number of pyridine rings is 2. The first-order chi connectivity index (χ1) is 25.7. The quantitative estimate of drug-likeness (QED) is 0.0926. The molecule has 0 spiro atoms. The number of nitrogens with two attached hydrogens (primary N) is 1. The molecule has 290 valence electrons. The number of morpholine rings is 2. The zero-order valence-electron chi connectivity index (χ0n) is 29.7. The predicted octanol–water partition coefficient (Wildman–Crippen LogP) is 6.81. The number of nitrogens with one attached hydrogen (secondary N) is 3. The number of carbonyl (C=O) groups excluding carboxylic acids is 2. The van der Waals surface area contributed by atoms with E-state index in [2.05, 4.69) is 53.4 Å². The lowest BCUT2D eigenvalue weighted by Crippen LogP contribution is -2.36. The molecule has 4 aromatic rings. The number of rotatable bonds is 6. The summed E-state index contributed by atoms with van der Waals surface area (Å²) in [6.07, 6.45) is -2.20. The Hall–Kier alpha value is -4.10. The summed E-state index contributed by atoms with van der Waals surface area (Å²) < 4.78 is 51.7. The zero-order valence-corrected chi connectivity index (χ0v) is 33.4. The minimum atomic E-state index is -4.62. The Morgan fingerprint density at radius 3 is 1.80 bits per heavy atom. The molecule has 54 heavy (non-hydrogen) atoms. The van der Waals surface area contributed by atoms with Crippen LogP contribution in [0.15, 0.2) is 60.9 Å². The molecule has 5 N–H and O–H groups in total. The number of ether oxygens (including phenoxy) is 2. The maximum absolute atomic E-state index is 13.3. The van der Waals surface area contributed by atoms with E-state index in [0.717, 1.165) is 47.3 Å². The van der Waals surface area contributed by atoms with Gasteiger partial charge < -0.3 is 41.0 Å². The van der Waals surface area contributed by atoms with Crippen LogP contribution in [0, 0.1) is 10.5 Å². The molecule has 2 amide bonds. The van der Waals surface area contributed by atoms with Crippen molar-refractivity contribution in [2.45, 2.75) is 13.1 Å². The highest BCUT2D eigenvalue weighted by atomic mass is 127. The van der Waals surface area contributed by atoms with E-state index in [4.69, 9.17) is 38.4 Å². The van der Waals surface area contributed by atoms with Gasteiger partial charge in [0.2, 0.25) is 0 Å². The van der Waals surface area contributed by atoms with Gasteiger partial charge in [-0.2, -0.15) is 13.2 Å². The summed E-state index contributed by atoms with van der Waals surface area (Å²) >= 11 is 13.6. The predicted molar refractivity (Wildman–Crippen MR) is 214 cm³/mol. The molecule has 6 rings (SSSR count). The summed E-state index contributed by atoms with van der Waals surface area (Å²) in [6.45, 7) is 7.61. The summed E-state index contributed by atoms with van der Waals surface area (Å²) in [6, 6.07) is 13.4. The van der Waals surface area contributed by atoms with Crippen molar-refractivity contribution < 1.29 is 32.2 Å². The lowest BCUT2D eigenvalue weighted by atomic mass is 10.1. The minimum Gasteiger partial charge on any atom is -0.398 e. The van der Waals surface area contributed by atoms with E-state index in [-0.39, 0.29) is 28.0 Å². The van der Waals surface area contributed by atoms with Gasteiger partial charge in [-0.1, -0.05) is 23.2 Å². The lowest BCUT2D eigenvalue weighted by molar-refractivity contribution is -0.137. The molecule has 2 saturated heterocycles. The number of halogens is 6. The first-order valence-electron chi connectivity index (χ1n) is 16.6. The molecule has 2 aromatic carbocycles. The van der Waals surface area contributed by atoms with Crippen LogP contribution in [0.4, 0.5) is 41.6 Å². The largest absolute Gasteiger partial charge is 0.419 e. The van der Waals surface area contributed by atoms with Crippen LogP contribution in [-0.2, 0) is 15.7 Å². The van der Waals surface area contributed by atoms with Crippen molar-refractivity contribution >= 4 is 86.0 Å². The average Bonchev–Trinajstić information content (AvgIpc) is 3.17. The molecule has 12 nitrogen and oxygen atoms in total. The molecule has 4 heterocycles. The number of nitrogens with zero attached hydrogens (tertiary/aromatic N) is 4. The molecule has 0 saturated carbocycles. The molecule has 0 bridgehead atoms. The highest BCUT2D eigenvalue weighted by Gasteiger charge is 2.34. The van der Waals surface area contributed by atoms with Gasteiger partial charge in [0.15, 0.2) is 0 Å². The zero-order chi connectivity index (χ0) is 39.4. The Morgan fingerprint density at radius 1 is 0.778 bits per heavy atom. The summed E-state index contributed by atoms with van der Waals surface area (Å²) in [5.41, 5.74) is 8.97. The Bertz CT molecular complexity index is 1910. The lowest BCUT2D eigenvalue weighted by Gasteiger charge is -2.29. The first kappa shape index (κ1) is 42.6.